The summed E-state index contributed by atoms with van der Waals surface area (Å²) in [4.78, 5) is 18.9. The Morgan fingerprint density at radius 3 is 2.81 bits per heavy atom. The van der Waals surface area contributed by atoms with Crippen molar-refractivity contribution in [1.29, 1.82) is 0 Å². The summed E-state index contributed by atoms with van der Waals surface area (Å²) >= 11 is 0. The molecule has 3 heterocycles. The number of amides is 1. The van der Waals surface area contributed by atoms with Gasteiger partial charge >= 0.3 is 0 Å². The van der Waals surface area contributed by atoms with Gasteiger partial charge < -0.3 is 10.6 Å². The molecular formula is C20H21N5O. The summed E-state index contributed by atoms with van der Waals surface area (Å²) < 4.78 is 1.83. The molecule has 132 valence electrons. The highest BCUT2D eigenvalue weighted by molar-refractivity contribution is 5.99. The Kier molecular flexibility index (Phi) is 4.26. The van der Waals surface area contributed by atoms with Crippen LogP contribution in [0.25, 0.3) is 11.3 Å². The van der Waals surface area contributed by atoms with Gasteiger partial charge in [0.25, 0.3) is 5.91 Å². The molecule has 26 heavy (non-hydrogen) atoms. The number of aryl methyl sites for hydroxylation is 1. The van der Waals surface area contributed by atoms with Crippen molar-refractivity contribution in [2.75, 3.05) is 6.54 Å². The maximum Gasteiger partial charge on any atom is 0.254 e. The van der Waals surface area contributed by atoms with Gasteiger partial charge in [-0.05, 0) is 41.8 Å². The molecule has 6 heteroatoms. The number of benzene rings is 1. The molecule has 0 radical (unpaired) electrons. The van der Waals surface area contributed by atoms with Gasteiger partial charge in [0, 0.05) is 55.9 Å². The lowest BCUT2D eigenvalue weighted by Crippen LogP contribution is -2.42. The van der Waals surface area contributed by atoms with Crippen LogP contribution in [0.1, 0.15) is 21.5 Å². The first-order valence-corrected chi connectivity index (χ1v) is 8.68. The number of nitrogens with two attached hydrogens (primary N) is 1. The molecule has 0 spiro atoms. The van der Waals surface area contributed by atoms with E-state index in [2.05, 4.69) is 16.1 Å². The second kappa shape index (κ2) is 6.72. The fourth-order valence-corrected chi connectivity index (χ4v) is 3.57. The lowest BCUT2D eigenvalue weighted by Gasteiger charge is -2.26. The van der Waals surface area contributed by atoms with Crippen molar-refractivity contribution < 1.29 is 4.79 Å². The molecule has 0 unspecified atom stereocenters. The highest BCUT2D eigenvalue weighted by atomic mass is 16.2. The van der Waals surface area contributed by atoms with Crippen LogP contribution in [0.4, 0.5) is 0 Å². The van der Waals surface area contributed by atoms with Gasteiger partial charge in [-0.2, -0.15) is 5.10 Å². The Morgan fingerprint density at radius 2 is 2.12 bits per heavy atom. The minimum absolute atomic E-state index is 0.0424. The first kappa shape index (κ1) is 16.5. The van der Waals surface area contributed by atoms with Crippen LogP contribution in [0.5, 0.6) is 0 Å². The van der Waals surface area contributed by atoms with Crippen LogP contribution in [-0.4, -0.2) is 38.2 Å². The Bertz CT molecular complexity index is 934. The summed E-state index contributed by atoms with van der Waals surface area (Å²) in [5, 5.41) is 4.22. The number of hydrogen-bond acceptors (Lipinski definition) is 4. The fraction of sp³-hybridized carbons (Fsp3) is 0.250. The van der Waals surface area contributed by atoms with Crippen molar-refractivity contribution in [2.24, 2.45) is 12.8 Å². The summed E-state index contributed by atoms with van der Waals surface area (Å²) in [6.45, 7) is 1.01. The molecule has 3 aromatic rings. The van der Waals surface area contributed by atoms with E-state index in [4.69, 9.17) is 5.73 Å². The van der Waals surface area contributed by atoms with E-state index in [1.54, 1.807) is 12.4 Å². The molecule has 0 saturated carbocycles. The topological polar surface area (TPSA) is 77.0 Å². The van der Waals surface area contributed by atoms with E-state index in [0.29, 0.717) is 19.5 Å². The van der Waals surface area contributed by atoms with Gasteiger partial charge in [0.1, 0.15) is 0 Å². The van der Waals surface area contributed by atoms with Gasteiger partial charge in [0.2, 0.25) is 0 Å². The molecule has 2 N–H and O–H groups in total. The van der Waals surface area contributed by atoms with E-state index in [-0.39, 0.29) is 11.9 Å². The van der Waals surface area contributed by atoms with E-state index in [1.165, 1.54) is 0 Å². The predicted molar refractivity (Wildman–Crippen MR) is 99.3 cm³/mol. The Morgan fingerprint density at radius 1 is 1.23 bits per heavy atom. The van der Waals surface area contributed by atoms with Crippen molar-refractivity contribution in [1.82, 2.24) is 19.7 Å². The van der Waals surface area contributed by atoms with E-state index in [1.807, 2.05) is 53.2 Å². The molecule has 1 atom stereocenters. The zero-order valence-electron chi connectivity index (χ0n) is 14.7. The highest BCUT2D eigenvalue weighted by Gasteiger charge is 2.32. The molecule has 2 aromatic heterocycles. The molecule has 1 aromatic carbocycles. The maximum absolute atomic E-state index is 12.9. The van der Waals surface area contributed by atoms with Crippen LogP contribution >= 0.6 is 0 Å². The predicted octanol–water partition coefficient (Wildman–Crippen LogP) is 2.01. The van der Waals surface area contributed by atoms with Crippen molar-refractivity contribution in [3.63, 3.8) is 0 Å². The number of nitrogens with zero attached hydrogens (tertiary/aromatic N) is 4. The number of aromatic nitrogens is 3. The first-order chi connectivity index (χ1) is 12.7. The molecule has 1 amide bonds. The van der Waals surface area contributed by atoms with Crippen LogP contribution in [0.15, 0.2) is 55.0 Å². The molecule has 0 bridgehead atoms. The molecule has 4 rings (SSSR count). The third-order valence-corrected chi connectivity index (χ3v) is 4.96. The number of hydrogen-bond donors (Lipinski definition) is 1. The van der Waals surface area contributed by atoms with Gasteiger partial charge in [-0.1, -0.05) is 12.1 Å². The van der Waals surface area contributed by atoms with E-state index < -0.39 is 0 Å². The lowest BCUT2D eigenvalue weighted by molar-refractivity contribution is 0.0708. The van der Waals surface area contributed by atoms with Gasteiger partial charge in [0.15, 0.2) is 0 Å². The summed E-state index contributed by atoms with van der Waals surface area (Å²) in [6, 6.07) is 11.8. The molecule has 0 aliphatic carbocycles. The molecule has 6 nitrogen and oxygen atoms in total. The summed E-state index contributed by atoms with van der Waals surface area (Å²) in [7, 11) is 1.92. The number of rotatable bonds is 5. The van der Waals surface area contributed by atoms with Gasteiger partial charge in [-0.25, -0.2) is 0 Å². The normalized spacial score (nSPS) is 14.5. The molecular weight excluding hydrogens is 326 g/mol. The number of fused-ring (bicyclic) bond motifs is 1. The van der Waals surface area contributed by atoms with Crippen LogP contribution in [-0.2, 0) is 20.0 Å². The third-order valence-electron chi connectivity index (χ3n) is 4.96. The standard InChI is InChI=1S/C20H21N5O/c1-24-19(6-8-23-24)15-4-5-18-16(10-15)13-25(20(18)26)17(11-21)9-14-3-2-7-22-12-14/h2-8,10,12,17H,9,11,13,21H2,1H3/t17-/m0/s1. The summed E-state index contributed by atoms with van der Waals surface area (Å²) in [6.07, 6.45) is 6.06. The van der Waals surface area contributed by atoms with E-state index >= 15 is 0 Å². The largest absolute Gasteiger partial charge is 0.330 e. The zero-order valence-corrected chi connectivity index (χ0v) is 14.7. The second-order valence-corrected chi connectivity index (χ2v) is 6.60. The lowest BCUT2D eigenvalue weighted by atomic mass is 10.0. The van der Waals surface area contributed by atoms with Crippen LogP contribution in [0.3, 0.4) is 0 Å². The van der Waals surface area contributed by atoms with Gasteiger partial charge in [-0.15, -0.1) is 0 Å². The van der Waals surface area contributed by atoms with Crippen LogP contribution in [0, 0.1) is 0 Å². The minimum atomic E-state index is -0.0424. The monoisotopic (exact) mass is 347 g/mol. The smallest absolute Gasteiger partial charge is 0.254 e. The van der Waals surface area contributed by atoms with E-state index in [9.17, 15) is 4.79 Å². The Balaban J connectivity index is 1.60. The number of carbonyl (C=O) groups excluding carboxylic acids is 1. The van der Waals surface area contributed by atoms with Gasteiger partial charge in [0.05, 0.1) is 5.69 Å². The first-order valence-electron chi connectivity index (χ1n) is 8.68. The fourth-order valence-electron chi connectivity index (χ4n) is 3.57. The van der Waals surface area contributed by atoms with Gasteiger partial charge in [-0.3, -0.25) is 14.5 Å². The van der Waals surface area contributed by atoms with Crippen molar-refractivity contribution in [2.45, 2.75) is 19.0 Å². The van der Waals surface area contributed by atoms with Crippen LogP contribution in [0.2, 0.25) is 0 Å². The van der Waals surface area contributed by atoms with Crippen molar-refractivity contribution in [3.8, 4) is 11.3 Å². The van der Waals surface area contributed by atoms with Crippen molar-refractivity contribution in [3.05, 3.63) is 71.7 Å². The van der Waals surface area contributed by atoms with Crippen LogP contribution < -0.4 is 5.73 Å². The third kappa shape index (κ3) is 2.88. The molecule has 1 aliphatic heterocycles. The Hall–Kier alpha value is -2.99. The Labute approximate surface area is 152 Å². The maximum atomic E-state index is 12.9. The quantitative estimate of drug-likeness (QED) is 0.766. The molecule has 0 saturated heterocycles. The SMILES string of the molecule is Cn1nccc1-c1ccc2c(c1)CN([C@H](CN)Cc1cccnc1)C2=O. The van der Waals surface area contributed by atoms with Crippen molar-refractivity contribution >= 4 is 5.91 Å². The molecule has 1 aliphatic rings. The zero-order chi connectivity index (χ0) is 18.1. The number of pyridine rings is 1. The average molecular weight is 347 g/mol. The number of carbonyl (C=O) groups is 1. The second-order valence-electron chi connectivity index (χ2n) is 6.60. The average Bonchev–Trinajstić information content (AvgIpc) is 3.24. The summed E-state index contributed by atoms with van der Waals surface area (Å²) in [5.74, 6) is 0.0518. The van der Waals surface area contributed by atoms with E-state index in [0.717, 1.165) is 27.9 Å². The minimum Gasteiger partial charge on any atom is -0.330 e. The highest BCUT2D eigenvalue weighted by Crippen LogP contribution is 2.30. The molecule has 0 fully saturated rings. The summed E-state index contributed by atoms with van der Waals surface area (Å²) in [5.41, 5.74) is 11.0.